The Bertz CT molecular complexity index is 177. The zero-order valence-electron chi connectivity index (χ0n) is 7.63. The highest BCUT2D eigenvalue weighted by atomic mass is 16.4. The van der Waals surface area contributed by atoms with Gasteiger partial charge in [-0.1, -0.05) is 6.92 Å². The number of nitrogens with one attached hydrogen (secondary N) is 1. The summed E-state index contributed by atoms with van der Waals surface area (Å²) in [4.78, 5) is 21.3. The maximum absolute atomic E-state index is 11.1. The molecule has 0 aliphatic rings. The first kappa shape index (κ1) is 10.9. The molecule has 0 spiro atoms. The number of carboxylic acid groups (broad SMARTS) is 1. The molecule has 0 fully saturated rings. The van der Waals surface area contributed by atoms with Crippen molar-refractivity contribution in [3.63, 3.8) is 0 Å². The van der Waals surface area contributed by atoms with E-state index >= 15 is 0 Å². The van der Waals surface area contributed by atoms with Crippen LogP contribution in [0.15, 0.2) is 0 Å². The minimum absolute atomic E-state index is 0.0637. The zero-order valence-corrected chi connectivity index (χ0v) is 7.63. The van der Waals surface area contributed by atoms with Gasteiger partial charge in [-0.05, 0) is 13.8 Å². The van der Waals surface area contributed by atoms with Crippen LogP contribution in [0.3, 0.4) is 0 Å². The van der Waals surface area contributed by atoms with Gasteiger partial charge < -0.3 is 10.4 Å². The standard InChI is InChI=1S/C8H15NO3/c1-5(2)9-8(12)6(3)4-7(10)11/h5-6H,4H2,1-3H3,(H,9,12)(H,10,11)/t6-/m1/s1. The average Bonchev–Trinajstić information content (AvgIpc) is 1.84. The fraction of sp³-hybridized carbons (Fsp3) is 0.750. The summed E-state index contributed by atoms with van der Waals surface area (Å²) in [6.07, 6.45) is -0.113. The molecule has 0 aliphatic heterocycles. The molecule has 0 bridgehead atoms. The molecule has 0 radical (unpaired) electrons. The Morgan fingerprint density at radius 2 is 1.83 bits per heavy atom. The number of carboxylic acids is 1. The molecule has 1 atom stereocenters. The second-order valence-electron chi connectivity index (χ2n) is 3.16. The molecule has 0 saturated carbocycles. The summed E-state index contributed by atoms with van der Waals surface area (Å²) in [7, 11) is 0. The van der Waals surface area contributed by atoms with E-state index in [1.807, 2.05) is 13.8 Å². The number of amides is 1. The molecular weight excluding hydrogens is 158 g/mol. The quantitative estimate of drug-likeness (QED) is 0.655. The predicted molar refractivity (Wildman–Crippen MR) is 44.7 cm³/mol. The van der Waals surface area contributed by atoms with Crippen molar-refractivity contribution in [3.05, 3.63) is 0 Å². The Labute approximate surface area is 72.0 Å². The van der Waals surface area contributed by atoms with Crippen LogP contribution in [0, 0.1) is 5.92 Å². The van der Waals surface area contributed by atoms with Crippen LogP contribution in [-0.2, 0) is 9.59 Å². The minimum Gasteiger partial charge on any atom is -0.481 e. The minimum atomic E-state index is -0.943. The molecular formula is C8H15NO3. The van der Waals surface area contributed by atoms with Gasteiger partial charge in [-0.25, -0.2) is 0 Å². The number of aliphatic carboxylic acids is 1. The molecule has 0 saturated heterocycles. The molecule has 0 rings (SSSR count). The molecule has 12 heavy (non-hydrogen) atoms. The van der Waals surface area contributed by atoms with E-state index in [0.29, 0.717) is 0 Å². The number of hydrogen-bond donors (Lipinski definition) is 2. The smallest absolute Gasteiger partial charge is 0.304 e. The van der Waals surface area contributed by atoms with Crippen molar-refractivity contribution in [1.82, 2.24) is 5.32 Å². The molecule has 0 aromatic carbocycles. The van der Waals surface area contributed by atoms with Crippen molar-refractivity contribution in [2.75, 3.05) is 0 Å². The zero-order chi connectivity index (χ0) is 9.72. The van der Waals surface area contributed by atoms with Crippen LogP contribution in [0.4, 0.5) is 0 Å². The molecule has 2 N–H and O–H groups in total. The third-order valence-corrected chi connectivity index (χ3v) is 1.36. The van der Waals surface area contributed by atoms with E-state index in [9.17, 15) is 9.59 Å². The summed E-state index contributed by atoms with van der Waals surface area (Å²) >= 11 is 0. The normalized spacial score (nSPS) is 12.7. The Balaban J connectivity index is 3.85. The van der Waals surface area contributed by atoms with E-state index < -0.39 is 11.9 Å². The molecule has 0 aromatic heterocycles. The summed E-state index contributed by atoms with van der Waals surface area (Å²) in [6, 6.07) is 0.0637. The van der Waals surface area contributed by atoms with Crippen molar-refractivity contribution in [1.29, 1.82) is 0 Å². The molecule has 1 amide bonds. The van der Waals surface area contributed by atoms with Crippen LogP contribution < -0.4 is 5.32 Å². The van der Waals surface area contributed by atoms with Gasteiger partial charge in [-0.2, -0.15) is 0 Å². The Morgan fingerprint density at radius 1 is 1.33 bits per heavy atom. The Hall–Kier alpha value is -1.06. The third-order valence-electron chi connectivity index (χ3n) is 1.36. The second kappa shape index (κ2) is 4.74. The SMILES string of the molecule is CC(C)NC(=O)[C@H](C)CC(=O)O. The predicted octanol–water partition coefficient (Wildman–Crippen LogP) is 0.622. The lowest BCUT2D eigenvalue weighted by Gasteiger charge is -2.12. The van der Waals surface area contributed by atoms with Gasteiger partial charge in [0.05, 0.1) is 6.42 Å². The second-order valence-corrected chi connectivity index (χ2v) is 3.16. The van der Waals surface area contributed by atoms with Gasteiger partial charge in [0, 0.05) is 12.0 Å². The third kappa shape index (κ3) is 4.71. The van der Waals surface area contributed by atoms with Gasteiger partial charge in [0.1, 0.15) is 0 Å². The van der Waals surface area contributed by atoms with Crippen molar-refractivity contribution < 1.29 is 14.7 Å². The topological polar surface area (TPSA) is 66.4 Å². The van der Waals surface area contributed by atoms with Gasteiger partial charge >= 0.3 is 5.97 Å². The van der Waals surface area contributed by atoms with Gasteiger partial charge in [0.25, 0.3) is 0 Å². The average molecular weight is 173 g/mol. The van der Waals surface area contributed by atoms with Crippen LogP contribution in [-0.4, -0.2) is 23.0 Å². The van der Waals surface area contributed by atoms with Gasteiger partial charge in [0.2, 0.25) is 5.91 Å². The molecule has 0 aliphatic carbocycles. The van der Waals surface area contributed by atoms with Crippen LogP contribution >= 0.6 is 0 Å². The first-order chi connectivity index (χ1) is 5.43. The Morgan fingerprint density at radius 3 is 2.17 bits per heavy atom. The van der Waals surface area contributed by atoms with Crippen molar-refractivity contribution in [2.24, 2.45) is 5.92 Å². The van der Waals surface area contributed by atoms with Crippen LogP contribution in [0.5, 0.6) is 0 Å². The van der Waals surface area contributed by atoms with E-state index in [0.717, 1.165) is 0 Å². The summed E-state index contributed by atoms with van der Waals surface area (Å²) in [5.74, 6) is -1.60. The molecule has 0 unspecified atom stereocenters. The summed E-state index contributed by atoms with van der Waals surface area (Å²) in [5, 5.41) is 11.0. The molecule has 4 heteroatoms. The lowest BCUT2D eigenvalue weighted by molar-refractivity contribution is -0.140. The highest BCUT2D eigenvalue weighted by Crippen LogP contribution is 2.01. The Kier molecular flexibility index (Phi) is 4.33. The van der Waals surface area contributed by atoms with E-state index in [4.69, 9.17) is 5.11 Å². The monoisotopic (exact) mass is 173 g/mol. The number of hydrogen-bond acceptors (Lipinski definition) is 2. The van der Waals surface area contributed by atoms with Crippen molar-refractivity contribution in [2.45, 2.75) is 33.2 Å². The van der Waals surface area contributed by atoms with Gasteiger partial charge in [0.15, 0.2) is 0 Å². The molecule has 4 nitrogen and oxygen atoms in total. The summed E-state index contributed by atoms with van der Waals surface area (Å²) in [6.45, 7) is 5.28. The largest absolute Gasteiger partial charge is 0.481 e. The molecule has 0 heterocycles. The van der Waals surface area contributed by atoms with E-state index in [2.05, 4.69) is 5.32 Å². The highest BCUT2D eigenvalue weighted by molar-refractivity contribution is 5.82. The lowest BCUT2D eigenvalue weighted by atomic mass is 10.1. The maximum Gasteiger partial charge on any atom is 0.304 e. The van der Waals surface area contributed by atoms with Crippen LogP contribution in [0.25, 0.3) is 0 Å². The first-order valence-electron chi connectivity index (χ1n) is 3.95. The van der Waals surface area contributed by atoms with E-state index in [1.54, 1.807) is 6.92 Å². The summed E-state index contributed by atoms with van der Waals surface area (Å²) < 4.78 is 0. The fourth-order valence-electron chi connectivity index (χ4n) is 0.781. The van der Waals surface area contributed by atoms with E-state index in [-0.39, 0.29) is 18.4 Å². The van der Waals surface area contributed by atoms with Gasteiger partial charge in [-0.3, -0.25) is 9.59 Å². The number of rotatable bonds is 4. The number of carbonyl (C=O) groups excluding carboxylic acids is 1. The number of carbonyl (C=O) groups is 2. The van der Waals surface area contributed by atoms with E-state index in [1.165, 1.54) is 0 Å². The van der Waals surface area contributed by atoms with Crippen molar-refractivity contribution in [3.8, 4) is 0 Å². The van der Waals surface area contributed by atoms with Crippen LogP contribution in [0.2, 0.25) is 0 Å². The molecule has 70 valence electrons. The highest BCUT2D eigenvalue weighted by Gasteiger charge is 2.16. The molecule has 0 aromatic rings. The van der Waals surface area contributed by atoms with Crippen molar-refractivity contribution >= 4 is 11.9 Å². The summed E-state index contributed by atoms with van der Waals surface area (Å²) in [5.41, 5.74) is 0. The first-order valence-corrected chi connectivity index (χ1v) is 3.95. The fourth-order valence-corrected chi connectivity index (χ4v) is 0.781. The van der Waals surface area contributed by atoms with Crippen LogP contribution in [0.1, 0.15) is 27.2 Å². The van der Waals surface area contributed by atoms with Gasteiger partial charge in [-0.15, -0.1) is 0 Å². The lowest BCUT2D eigenvalue weighted by Crippen LogP contribution is -2.35. The maximum atomic E-state index is 11.1.